The Morgan fingerprint density at radius 1 is 0.444 bits per heavy atom. The molecule has 1 rings (SSSR count). The molecule has 0 aliphatic carbocycles. The first kappa shape index (κ1) is 27.2. The average Bonchev–Trinajstić information content (AvgIpc) is 2.67. The van der Waals surface area contributed by atoms with Gasteiger partial charge in [-0.05, 0) is 36.8 Å². The van der Waals surface area contributed by atoms with E-state index in [1.807, 2.05) is 0 Å². The fourth-order valence-electron chi connectivity index (χ4n) is 3.94. The quantitative estimate of drug-likeness (QED) is 0.176. The van der Waals surface area contributed by atoms with Crippen molar-refractivity contribution in [2.75, 3.05) is 0 Å². The number of unbranched alkanes of at least 4 members (excludes halogenated alkanes) is 14. The molecule has 0 aliphatic rings. The van der Waals surface area contributed by atoms with Gasteiger partial charge in [-0.15, -0.1) is 0 Å². The van der Waals surface area contributed by atoms with Crippen molar-refractivity contribution in [1.29, 1.82) is 0 Å². The van der Waals surface area contributed by atoms with Crippen LogP contribution in [0.1, 0.15) is 128 Å². The summed E-state index contributed by atoms with van der Waals surface area (Å²) in [6.45, 7) is 4.59. The molecule has 0 N–H and O–H groups in total. The van der Waals surface area contributed by atoms with E-state index in [1.165, 1.54) is 116 Å². The second-order valence-electron chi connectivity index (χ2n) is 8.22. The third-order valence-corrected chi connectivity index (χ3v) is 5.72. The number of rotatable bonds is 18. The number of benzene rings is 1. The monoisotopic (exact) mass is 382 g/mol. The Kier molecular flexibility index (Phi) is 21.1. The number of hydrogen-bond acceptors (Lipinski definition) is 0. The van der Waals surface area contributed by atoms with Gasteiger partial charge in [0.1, 0.15) is 0 Å². The summed E-state index contributed by atoms with van der Waals surface area (Å²) in [6.07, 6.45) is 25.3. The van der Waals surface area contributed by atoms with Crippen molar-refractivity contribution in [3.63, 3.8) is 0 Å². The first-order valence-corrected chi connectivity index (χ1v) is 11.9. The van der Waals surface area contributed by atoms with Crippen LogP contribution in [0.5, 0.6) is 0 Å². The zero-order valence-electron chi connectivity index (χ0n) is 18.0. The average molecular weight is 383 g/mol. The Morgan fingerprint density at radius 2 is 0.741 bits per heavy atom. The molecular weight excluding hydrogens is 335 g/mol. The summed E-state index contributed by atoms with van der Waals surface area (Å²) in [5, 5.41) is 0. The molecule has 0 aromatic heterocycles. The van der Waals surface area contributed by atoms with Crippen LogP contribution in [0.25, 0.3) is 0 Å². The van der Waals surface area contributed by atoms with Crippen molar-refractivity contribution in [2.24, 2.45) is 0 Å². The maximum absolute atomic E-state index is 2.38. The van der Waals surface area contributed by atoms with Gasteiger partial charge in [-0.25, -0.2) is 0 Å². The van der Waals surface area contributed by atoms with Crippen molar-refractivity contribution in [3.05, 3.63) is 35.4 Å². The van der Waals surface area contributed by atoms with Gasteiger partial charge in [-0.2, -0.15) is 0 Å². The fourth-order valence-corrected chi connectivity index (χ4v) is 3.94. The van der Waals surface area contributed by atoms with Crippen molar-refractivity contribution in [1.82, 2.24) is 0 Å². The van der Waals surface area contributed by atoms with E-state index in [4.69, 9.17) is 0 Å². The van der Waals surface area contributed by atoms with Crippen LogP contribution in [-0.2, 0) is 12.8 Å². The Balaban J connectivity index is 0.00000676. The summed E-state index contributed by atoms with van der Waals surface area (Å²) < 4.78 is 0. The molecule has 1 aromatic carbocycles. The standard InChI is InChI=1S/C26H46.Na.H/c1-3-5-7-9-11-13-15-17-21-25-23-19-20-24-26(25)22-18-16-14-12-10-8-6-4-2;;/h19-20,23-24H,3-18,21-22H2,1-2H3;;. The Morgan fingerprint density at radius 3 is 1.07 bits per heavy atom. The second-order valence-corrected chi connectivity index (χ2v) is 8.22. The molecule has 0 saturated carbocycles. The second kappa shape index (κ2) is 20.9. The SMILES string of the molecule is CCCCCCCCCCc1ccccc1CCCCCCCCCC.[NaH]. The molecule has 1 aromatic rings. The molecule has 0 radical (unpaired) electrons. The zero-order chi connectivity index (χ0) is 18.7. The van der Waals surface area contributed by atoms with Crippen LogP contribution in [0.15, 0.2) is 24.3 Å². The fraction of sp³-hybridized carbons (Fsp3) is 0.769. The molecule has 0 atom stereocenters. The van der Waals surface area contributed by atoms with E-state index in [1.54, 1.807) is 11.1 Å². The molecule has 0 spiro atoms. The van der Waals surface area contributed by atoms with Gasteiger partial charge in [0.05, 0.1) is 0 Å². The predicted molar refractivity (Wildman–Crippen MR) is 126 cm³/mol. The van der Waals surface area contributed by atoms with Crippen molar-refractivity contribution >= 4 is 29.6 Å². The Labute approximate surface area is 193 Å². The van der Waals surface area contributed by atoms with Gasteiger partial charge in [0, 0.05) is 0 Å². The van der Waals surface area contributed by atoms with Gasteiger partial charge in [0.2, 0.25) is 0 Å². The van der Waals surface area contributed by atoms with Gasteiger partial charge in [0.15, 0.2) is 0 Å². The first-order valence-electron chi connectivity index (χ1n) is 11.9. The molecule has 0 nitrogen and oxygen atoms in total. The summed E-state index contributed by atoms with van der Waals surface area (Å²) in [4.78, 5) is 0. The molecule has 1 heteroatoms. The van der Waals surface area contributed by atoms with Crippen LogP contribution in [-0.4, -0.2) is 29.6 Å². The Bertz CT molecular complexity index is 373. The van der Waals surface area contributed by atoms with Gasteiger partial charge in [-0.3, -0.25) is 0 Å². The minimum absolute atomic E-state index is 0. The molecule has 0 amide bonds. The van der Waals surface area contributed by atoms with E-state index in [9.17, 15) is 0 Å². The van der Waals surface area contributed by atoms with Crippen LogP contribution in [0.4, 0.5) is 0 Å². The first-order chi connectivity index (χ1) is 12.9. The van der Waals surface area contributed by atoms with E-state index >= 15 is 0 Å². The van der Waals surface area contributed by atoms with E-state index in [0.717, 1.165) is 0 Å². The number of hydrogen-bond donors (Lipinski definition) is 0. The molecular formula is C26H47Na. The molecule has 27 heavy (non-hydrogen) atoms. The van der Waals surface area contributed by atoms with Crippen LogP contribution in [0, 0.1) is 0 Å². The van der Waals surface area contributed by atoms with Crippen molar-refractivity contribution in [2.45, 2.75) is 129 Å². The summed E-state index contributed by atoms with van der Waals surface area (Å²) in [6, 6.07) is 9.22. The molecule has 0 saturated heterocycles. The molecule has 0 heterocycles. The summed E-state index contributed by atoms with van der Waals surface area (Å²) in [5.41, 5.74) is 3.25. The van der Waals surface area contributed by atoms with Gasteiger partial charge >= 0.3 is 29.6 Å². The molecule has 0 unspecified atom stereocenters. The summed E-state index contributed by atoms with van der Waals surface area (Å²) >= 11 is 0. The molecule has 0 aliphatic heterocycles. The van der Waals surface area contributed by atoms with E-state index in [0.29, 0.717) is 0 Å². The van der Waals surface area contributed by atoms with Crippen LogP contribution >= 0.6 is 0 Å². The molecule has 0 bridgehead atoms. The van der Waals surface area contributed by atoms with Gasteiger partial charge < -0.3 is 0 Å². The Hall–Kier alpha value is 0.220. The van der Waals surface area contributed by atoms with E-state index in [-0.39, 0.29) is 29.6 Å². The van der Waals surface area contributed by atoms with E-state index in [2.05, 4.69) is 38.1 Å². The van der Waals surface area contributed by atoms with Gasteiger partial charge in [-0.1, -0.05) is 128 Å². The van der Waals surface area contributed by atoms with Crippen LogP contribution in [0.2, 0.25) is 0 Å². The summed E-state index contributed by atoms with van der Waals surface area (Å²) in [7, 11) is 0. The zero-order valence-corrected chi connectivity index (χ0v) is 18.0. The van der Waals surface area contributed by atoms with Gasteiger partial charge in [0.25, 0.3) is 0 Å². The van der Waals surface area contributed by atoms with Crippen molar-refractivity contribution < 1.29 is 0 Å². The topological polar surface area (TPSA) is 0 Å². The molecule has 0 fully saturated rings. The third kappa shape index (κ3) is 15.8. The molecule has 152 valence electrons. The normalized spacial score (nSPS) is 10.7. The summed E-state index contributed by atoms with van der Waals surface area (Å²) in [5.74, 6) is 0. The van der Waals surface area contributed by atoms with Crippen molar-refractivity contribution in [3.8, 4) is 0 Å². The third-order valence-electron chi connectivity index (χ3n) is 5.72. The minimum atomic E-state index is 0. The number of aryl methyl sites for hydroxylation is 2. The van der Waals surface area contributed by atoms with Crippen LogP contribution in [0.3, 0.4) is 0 Å². The van der Waals surface area contributed by atoms with Crippen LogP contribution < -0.4 is 0 Å². The van der Waals surface area contributed by atoms with E-state index < -0.39 is 0 Å². The maximum atomic E-state index is 2.38. The predicted octanol–water partition coefficient (Wildman–Crippen LogP) is 8.40.